The number of fused-ring (bicyclic) bond motifs is 1. The third-order valence-electron chi connectivity index (χ3n) is 3.88. The highest BCUT2D eigenvalue weighted by molar-refractivity contribution is 6.36. The van der Waals surface area contributed by atoms with E-state index in [9.17, 15) is 4.79 Å². The van der Waals surface area contributed by atoms with Crippen LogP contribution in [0.2, 0.25) is 5.02 Å². The standard InChI is InChI=1S/C16H21ClN2O2/c1-4-10(2)15(16(20)21-3)18-9-13-14(17)11-7-5-6-8-12(11)19-13/h5-8,10,15,18-19H,4,9H2,1-3H3. The lowest BCUT2D eigenvalue weighted by atomic mass is 9.99. The summed E-state index contributed by atoms with van der Waals surface area (Å²) in [6.07, 6.45) is 0.896. The van der Waals surface area contributed by atoms with Gasteiger partial charge in [-0.05, 0) is 12.0 Å². The van der Waals surface area contributed by atoms with Crippen LogP contribution in [0.15, 0.2) is 24.3 Å². The first-order chi connectivity index (χ1) is 10.1. The van der Waals surface area contributed by atoms with Gasteiger partial charge in [-0.15, -0.1) is 0 Å². The lowest BCUT2D eigenvalue weighted by Crippen LogP contribution is -2.42. The highest BCUT2D eigenvalue weighted by Gasteiger charge is 2.24. The normalized spacial score (nSPS) is 14.1. The van der Waals surface area contributed by atoms with E-state index >= 15 is 0 Å². The molecular formula is C16H21ClN2O2. The van der Waals surface area contributed by atoms with Gasteiger partial charge in [-0.2, -0.15) is 0 Å². The van der Waals surface area contributed by atoms with E-state index in [0.29, 0.717) is 11.6 Å². The van der Waals surface area contributed by atoms with Crippen molar-refractivity contribution in [1.82, 2.24) is 10.3 Å². The van der Waals surface area contributed by atoms with Crippen LogP contribution < -0.4 is 5.32 Å². The van der Waals surface area contributed by atoms with Crippen molar-refractivity contribution in [2.24, 2.45) is 5.92 Å². The Hall–Kier alpha value is -1.52. The Kier molecular flexibility index (Phi) is 5.26. The molecule has 2 N–H and O–H groups in total. The second-order valence-electron chi connectivity index (χ2n) is 5.23. The van der Waals surface area contributed by atoms with Crippen molar-refractivity contribution in [2.75, 3.05) is 7.11 Å². The Labute approximate surface area is 129 Å². The summed E-state index contributed by atoms with van der Waals surface area (Å²) in [7, 11) is 1.41. The number of halogens is 1. The fraction of sp³-hybridized carbons (Fsp3) is 0.438. The smallest absolute Gasteiger partial charge is 0.323 e. The van der Waals surface area contributed by atoms with Crippen LogP contribution in [0.1, 0.15) is 26.0 Å². The fourth-order valence-electron chi connectivity index (χ4n) is 2.38. The highest BCUT2D eigenvalue weighted by atomic mass is 35.5. The molecule has 0 saturated carbocycles. The number of carbonyl (C=O) groups is 1. The SMILES string of the molecule is CCC(C)C(NCc1[nH]c2ccccc2c1Cl)C(=O)OC. The number of benzene rings is 1. The summed E-state index contributed by atoms with van der Waals surface area (Å²) in [5.41, 5.74) is 1.88. The summed E-state index contributed by atoms with van der Waals surface area (Å²) in [6, 6.07) is 7.54. The van der Waals surface area contributed by atoms with Crippen LogP contribution >= 0.6 is 11.6 Å². The van der Waals surface area contributed by atoms with Gasteiger partial charge < -0.3 is 9.72 Å². The van der Waals surface area contributed by atoms with Gasteiger partial charge in [0.1, 0.15) is 6.04 Å². The topological polar surface area (TPSA) is 54.1 Å². The summed E-state index contributed by atoms with van der Waals surface area (Å²) in [6.45, 7) is 4.58. The Bertz CT molecular complexity index is 624. The number of esters is 1. The van der Waals surface area contributed by atoms with E-state index in [0.717, 1.165) is 23.0 Å². The van der Waals surface area contributed by atoms with Crippen LogP contribution in [0.25, 0.3) is 10.9 Å². The van der Waals surface area contributed by atoms with Gasteiger partial charge in [0.15, 0.2) is 0 Å². The number of para-hydroxylation sites is 1. The number of H-pyrrole nitrogens is 1. The minimum absolute atomic E-state index is 0.195. The molecule has 0 aliphatic carbocycles. The predicted octanol–water partition coefficient (Wildman–Crippen LogP) is 3.50. The number of nitrogens with one attached hydrogen (secondary N) is 2. The summed E-state index contributed by atoms with van der Waals surface area (Å²) >= 11 is 6.38. The number of aromatic nitrogens is 1. The van der Waals surface area contributed by atoms with Crippen LogP contribution in [0.3, 0.4) is 0 Å². The van der Waals surface area contributed by atoms with E-state index in [1.54, 1.807) is 0 Å². The molecule has 1 heterocycles. The molecule has 2 unspecified atom stereocenters. The minimum atomic E-state index is -0.331. The number of methoxy groups -OCH3 is 1. The van der Waals surface area contributed by atoms with E-state index in [2.05, 4.69) is 17.2 Å². The molecule has 0 amide bonds. The van der Waals surface area contributed by atoms with Gasteiger partial charge in [0.2, 0.25) is 0 Å². The molecule has 114 valence electrons. The van der Waals surface area contributed by atoms with Gasteiger partial charge in [-0.25, -0.2) is 0 Å². The van der Waals surface area contributed by atoms with Crippen molar-refractivity contribution in [2.45, 2.75) is 32.9 Å². The lowest BCUT2D eigenvalue weighted by molar-refractivity contribution is -0.144. The largest absolute Gasteiger partial charge is 0.468 e. The first-order valence-corrected chi connectivity index (χ1v) is 7.52. The second kappa shape index (κ2) is 6.96. The summed E-state index contributed by atoms with van der Waals surface area (Å²) in [5, 5.41) is 4.94. The summed E-state index contributed by atoms with van der Waals surface area (Å²) in [4.78, 5) is 15.1. The number of aromatic amines is 1. The van der Waals surface area contributed by atoms with Crippen LogP contribution in [-0.4, -0.2) is 24.1 Å². The number of hydrogen-bond acceptors (Lipinski definition) is 3. The van der Waals surface area contributed by atoms with Crippen LogP contribution in [-0.2, 0) is 16.1 Å². The number of ether oxygens (including phenoxy) is 1. The molecule has 0 saturated heterocycles. The maximum Gasteiger partial charge on any atom is 0.323 e. The Balaban J connectivity index is 2.15. The molecule has 4 nitrogen and oxygen atoms in total. The second-order valence-corrected chi connectivity index (χ2v) is 5.61. The average molecular weight is 309 g/mol. The third-order valence-corrected chi connectivity index (χ3v) is 4.31. The van der Waals surface area contributed by atoms with Gasteiger partial charge in [0, 0.05) is 23.1 Å². The summed E-state index contributed by atoms with van der Waals surface area (Å²) in [5.74, 6) is -0.0443. The molecule has 0 fully saturated rings. The van der Waals surface area contributed by atoms with Gasteiger partial charge in [0.05, 0.1) is 12.1 Å². The number of carbonyl (C=O) groups excluding carboxylic acids is 1. The lowest BCUT2D eigenvalue weighted by Gasteiger charge is -2.21. The monoisotopic (exact) mass is 308 g/mol. The van der Waals surface area contributed by atoms with Crippen LogP contribution in [0.4, 0.5) is 0 Å². The molecule has 5 heteroatoms. The van der Waals surface area contributed by atoms with Gasteiger partial charge in [0.25, 0.3) is 0 Å². The van der Waals surface area contributed by atoms with Gasteiger partial charge in [-0.3, -0.25) is 10.1 Å². The molecule has 2 aromatic rings. The van der Waals surface area contributed by atoms with Crippen molar-refractivity contribution < 1.29 is 9.53 Å². The van der Waals surface area contributed by atoms with Crippen molar-refractivity contribution in [3.63, 3.8) is 0 Å². The average Bonchev–Trinajstić information content (AvgIpc) is 2.83. The van der Waals surface area contributed by atoms with Crippen molar-refractivity contribution >= 4 is 28.5 Å². The molecule has 0 radical (unpaired) electrons. The number of hydrogen-bond donors (Lipinski definition) is 2. The molecule has 0 bridgehead atoms. The molecule has 2 atom stereocenters. The van der Waals surface area contributed by atoms with Crippen molar-refractivity contribution in [3.8, 4) is 0 Å². The van der Waals surface area contributed by atoms with Gasteiger partial charge in [-0.1, -0.05) is 50.1 Å². The van der Waals surface area contributed by atoms with Crippen LogP contribution in [0.5, 0.6) is 0 Å². The van der Waals surface area contributed by atoms with E-state index in [1.165, 1.54) is 7.11 Å². The maximum absolute atomic E-state index is 11.9. The zero-order valence-electron chi connectivity index (χ0n) is 12.6. The molecule has 1 aromatic heterocycles. The van der Waals surface area contributed by atoms with E-state index in [-0.39, 0.29) is 17.9 Å². The zero-order valence-corrected chi connectivity index (χ0v) is 13.3. The van der Waals surface area contributed by atoms with Gasteiger partial charge >= 0.3 is 5.97 Å². The van der Waals surface area contributed by atoms with Crippen molar-refractivity contribution in [1.29, 1.82) is 0 Å². The predicted molar refractivity (Wildman–Crippen MR) is 85.4 cm³/mol. The van der Waals surface area contributed by atoms with E-state index in [1.807, 2.05) is 31.2 Å². The zero-order chi connectivity index (χ0) is 15.4. The Morgan fingerprint density at radius 3 is 2.76 bits per heavy atom. The molecule has 0 spiro atoms. The fourth-order valence-corrected chi connectivity index (χ4v) is 2.66. The molecule has 0 aliphatic rings. The first kappa shape index (κ1) is 15.9. The highest BCUT2D eigenvalue weighted by Crippen LogP contribution is 2.27. The molecular weight excluding hydrogens is 288 g/mol. The molecule has 1 aromatic carbocycles. The molecule has 2 rings (SSSR count). The molecule has 0 aliphatic heterocycles. The van der Waals surface area contributed by atoms with Crippen molar-refractivity contribution in [3.05, 3.63) is 35.0 Å². The quantitative estimate of drug-likeness (QED) is 0.803. The number of rotatable bonds is 6. The Morgan fingerprint density at radius 1 is 1.43 bits per heavy atom. The van der Waals surface area contributed by atoms with Crippen LogP contribution in [0, 0.1) is 5.92 Å². The maximum atomic E-state index is 11.9. The minimum Gasteiger partial charge on any atom is -0.468 e. The third kappa shape index (κ3) is 3.39. The Morgan fingerprint density at radius 2 is 2.14 bits per heavy atom. The summed E-state index contributed by atoms with van der Waals surface area (Å²) < 4.78 is 4.87. The molecule has 21 heavy (non-hydrogen) atoms. The van der Waals surface area contributed by atoms with E-state index in [4.69, 9.17) is 16.3 Å². The first-order valence-electron chi connectivity index (χ1n) is 7.14. The van der Waals surface area contributed by atoms with E-state index < -0.39 is 0 Å².